The van der Waals surface area contributed by atoms with Crippen molar-refractivity contribution in [1.29, 1.82) is 0 Å². The molecule has 0 aliphatic heterocycles. The number of benzene rings is 1. The quantitative estimate of drug-likeness (QED) is 0.610. The number of sulfone groups is 1. The van der Waals surface area contributed by atoms with Crippen LogP contribution in [0.25, 0.3) is 5.69 Å². The molecule has 0 aliphatic rings. The van der Waals surface area contributed by atoms with Gasteiger partial charge in [-0.25, -0.2) is 22.9 Å². The molecular formula is C17H14Cl2N4O4S. The van der Waals surface area contributed by atoms with Gasteiger partial charge in [0.15, 0.2) is 5.03 Å². The summed E-state index contributed by atoms with van der Waals surface area (Å²) in [6.07, 6.45) is 0.487. The molecule has 2 heterocycles. The van der Waals surface area contributed by atoms with Crippen molar-refractivity contribution in [1.82, 2.24) is 20.1 Å². The number of aromatic nitrogens is 3. The number of carbonyl (C=O) groups is 1. The van der Waals surface area contributed by atoms with Crippen LogP contribution in [-0.2, 0) is 21.2 Å². The second-order valence-corrected chi connectivity index (χ2v) is 8.17. The number of halogens is 2. The maximum Gasteiger partial charge on any atom is 0.407 e. The van der Waals surface area contributed by atoms with Crippen LogP contribution in [0.1, 0.15) is 5.69 Å². The summed E-state index contributed by atoms with van der Waals surface area (Å²) in [5, 5.41) is 6.87. The third-order valence-electron chi connectivity index (χ3n) is 3.65. The minimum Gasteiger partial charge on any atom is -0.443 e. The molecule has 3 aromatic rings. The molecule has 2 aromatic heterocycles. The third-order valence-corrected chi connectivity index (χ3v) is 5.90. The average molecular weight is 441 g/mol. The van der Waals surface area contributed by atoms with E-state index in [1.54, 1.807) is 24.3 Å². The lowest BCUT2D eigenvalue weighted by molar-refractivity contribution is 0.140. The maximum absolute atomic E-state index is 13.2. The van der Waals surface area contributed by atoms with Crippen molar-refractivity contribution < 1.29 is 17.9 Å². The van der Waals surface area contributed by atoms with Gasteiger partial charge in [0.05, 0.1) is 15.6 Å². The Labute approximate surface area is 171 Å². The molecule has 11 heteroatoms. The number of carbonyl (C=O) groups excluding carboxylic acids is 1. The zero-order valence-corrected chi connectivity index (χ0v) is 16.8. The summed E-state index contributed by atoms with van der Waals surface area (Å²) in [6.45, 7) is -0.224. The molecule has 0 saturated heterocycles. The molecule has 0 radical (unpaired) electrons. The normalized spacial score (nSPS) is 11.2. The van der Waals surface area contributed by atoms with E-state index in [2.05, 4.69) is 15.4 Å². The Morgan fingerprint density at radius 3 is 2.61 bits per heavy atom. The molecule has 0 bridgehead atoms. The highest BCUT2D eigenvalue weighted by atomic mass is 35.5. The van der Waals surface area contributed by atoms with E-state index in [1.165, 1.54) is 29.9 Å². The lowest BCUT2D eigenvalue weighted by Crippen LogP contribution is -2.19. The van der Waals surface area contributed by atoms with Crippen molar-refractivity contribution in [3.05, 3.63) is 64.5 Å². The van der Waals surface area contributed by atoms with Gasteiger partial charge in [0, 0.05) is 19.3 Å². The van der Waals surface area contributed by atoms with Gasteiger partial charge in [-0.05, 0) is 24.3 Å². The molecule has 1 N–H and O–H groups in total. The first-order valence-electron chi connectivity index (χ1n) is 7.88. The first-order chi connectivity index (χ1) is 13.3. The van der Waals surface area contributed by atoms with Gasteiger partial charge in [-0.2, -0.15) is 5.10 Å². The Morgan fingerprint density at radius 2 is 1.96 bits per heavy atom. The number of alkyl carbamates (subject to hydrolysis) is 1. The smallest absolute Gasteiger partial charge is 0.407 e. The predicted octanol–water partition coefficient (Wildman–Crippen LogP) is 3.26. The molecule has 0 spiro atoms. The van der Waals surface area contributed by atoms with Crippen LogP contribution in [0.2, 0.25) is 10.2 Å². The Balaban J connectivity index is 2.12. The molecule has 8 nitrogen and oxygen atoms in total. The molecular weight excluding hydrogens is 427 g/mol. The minimum absolute atomic E-state index is 0.0659. The van der Waals surface area contributed by atoms with Crippen LogP contribution in [0.5, 0.6) is 0 Å². The fraction of sp³-hybridized carbons (Fsp3) is 0.118. The Hall–Kier alpha value is -2.62. The van der Waals surface area contributed by atoms with Crippen molar-refractivity contribution in [3.63, 3.8) is 0 Å². The van der Waals surface area contributed by atoms with Crippen LogP contribution < -0.4 is 5.32 Å². The van der Waals surface area contributed by atoms with Crippen molar-refractivity contribution in [2.45, 2.75) is 16.5 Å². The summed E-state index contributed by atoms with van der Waals surface area (Å²) in [4.78, 5) is 15.1. The van der Waals surface area contributed by atoms with Gasteiger partial charge in [-0.3, -0.25) is 0 Å². The largest absolute Gasteiger partial charge is 0.443 e. The number of nitrogens with one attached hydrogen (secondary N) is 1. The predicted molar refractivity (Wildman–Crippen MR) is 103 cm³/mol. The molecule has 0 fully saturated rings. The second kappa shape index (κ2) is 8.17. The van der Waals surface area contributed by atoms with Gasteiger partial charge in [-0.15, -0.1) is 0 Å². The van der Waals surface area contributed by atoms with E-state index < -0.39 is 15.9 Å². The van der Waals surface area contributed by atoms with E-state index in [-0.39, 0.29) is 27.4 Å². The average Bonchev–Trinajstić information content (AvgIpc) is 3.11. The maximum atomic E-state index is 13.2. The van der Waals surface area contributed by atoms with Crippen LogP contribution in [-0.4, -0.2) is 36.3 Å². The van der Waals surface area contributed by atoms with Gasteiger partial charge in [-0.1, -0.05) is 35.3 Å². The van der Waals surface area contributed by atoms with Crippen LogP contribution in [0.15, 0.2) is 58.6 Å². The number of rotatable bonds is 5. The first-order valence-corrected chi connectivity index (χ1v) is 10.1. The molecule has 0 aliphatic carbocycles. The summed E-state index contributed by atoms with van der Waals surface area (Å²) in [7, 11) is -2.60. The van der Waals surface area contributed by atoms with Crippen molar-refractivity contribution in [2.75, 3.05) is 7.05 Å². The summed E-state index contributed by atoms with van der Waals surface area (Å²) >= 11 is 12.0. The van der Waals surface area contributed by atoms with E-state index in [0.717, 1.165) is 6.20 Å². The summed E-state index contributed by atoms with van der Waals surface area (Å²) in [5.41, 5.74) is 0.583. The van der Waals surface area contributed by atoms with Crippen molar-refractivity contribution in [3.8, 4) is 5.69 Å². The van der Waals surface area contributed by atoms with E-state index in [0.29, 0.717) is 10.7 Å². The fourth-order valence-corrected chi connectivity index (χ4v) is 3.99. The van der Waals surface area contributed by atoms with Gasteiger partial charge < -0.3 is 10.1 Å². The van der Waals surface area contributed by atoms with Crippen molar-refractivity contribution in [2.24, 2.45) is 0 Å². The zero-order valence-electron chi connectivity index (χ0n) is 14.5. The fourth-order valence-electron chi connectivity index (χ4n) is 2.32. The van der Waals surface area contributed by atoms with Crippen LogP contribution in [0.3, 0.4) is 0 Å². The number of amides is 1. The second-order valence-electron chi connectivity index (χ2n) is 5.48. The van der Waals surface area contributed by atoms with Crippen LogP contribution in [0, 0.1) is 0 Å². The van der Waals surface area contributed by atoms with Crippen LogP contribution >= 0.6 is 23.2 Å². The van der Waals surface area contributed by atoms with Gasteiger partial charge in [0.1, 0.15) is 17.5 Å². The topological polar surface area (TPSA) is 103 Å². The molecule has 0 atom stereocenters. The van der Waals surface area contributed by atoms with E-state index in [1.807, 2.05) is 0 Å². The lowest BCUT2D eigenvalue weighted by Gasteiger charge is -2.09. The Kier molecular flexibility index (Phi) is 5.87. The number of hydrogen-bond acceptors (Lipinski definition) is 6. The molecule has 0 saturated carbocycles. The zero-order chi connectivity index (χ0) is 20.3. The first kappa shape index (κ1) is 20.1. The monoisotopic (exact) mass is 440 g/mol. The number of para-hydroxylation sites is 1. The van der Waals surface area contributed by atoms with Gasteiger partial charge in [0.2, 0.25) is 9.84 Å². The minimum atomic E-state index is -4.01. The van der Waals surface area contributed by atoms with E-state index in [9.17, 15) is 13.2 Å². The Bertz CT molecular complexity index is 1110. The molecule has 146 valence electrons. The number of nitrogens with zero attached hydrogens (tertiary/aromatic N) is 3. The highest BCUT2D eigenvalue weighted by Gasteiger charge is 2.26. The third kappa shape index (κ3) is 4.11. The summed E-state index contributed by atoms with van der Waals surface area (Å²) in [5.74, 6) is 0. The number of ether oxygens (including phenoxy) is 1. The molecule has 1 amide bonds. The highest BCUT2D eigenvalue weighted by molar-refractivity contribution is 7.91. The molecule has 28 heavy (non-hydrogen) atoms. The SMILES string of the molecule is CNC(=O)OCc1cc(S(=O)(=O)c2ccc(Cl)nc2)n(-c2ccccc2Cl)n1. The molecule has 3 rings (SSSR count). The number of hydrogen-bond donors (Lipinski definition) is 1. The van der Waals surface area contributed by atoms with Gasteiger partial charge >= 0.3 is 6.09 Å². The van der Waals surface area contributed by atoms with Crippen LogP contribution in [0.4, 0.5) is 4.79 Å². The standard InChI is InChI=1S/C17H14Cl2N4O4S/c1-20-17(24)27-10-11-8-16(23(22-11)14-5-3-2-4-13(14)18)28(25,26)12-6-7-15(19)21-9-12/h2-9H,10H2,1H3,(H,20,24). The van der Waals surface area contributed by atoms with Crippen molar-refractivity contribution >= 4 is 39.1 Å². The molecule has 0 unspecified atom stereocenters. The summed E-state index contributed by atoms with van der Waals surface area (Å²) in [6, 6.07) is 10.7. The highest BCUT2D eigenvalue weighted by Crippen LogP contribution is 2.28. The number of pyridine rings is 1. The summed E-state index contributed by atoms with van der Waals surface area (Å²) < 4.78 is 32.5. The van der Waals surface area contributed by atoms with E-state index >= 15 is 0 Å². The Morgan fingerprint density at radius 1 is 1.21 bits per heavy atom. The van der Waals surface area contributed by atoms with Gasteiger partial charge in [0.25, 0.3) is 0 Å². The van der Waals surface area contributed by atoms with E-state index in [4.69, 9.17) is 27.9 Å². The lowest BCUT2D eigenvalue weighted by atomic mass is 10.3. The molecule has 1 aromatic carbocycles.